The molecule has 10 nitrogen and oxygen atoms in total. The minimum atomic E-state index is -0.899. The highest BCUT2D eigenvalue weighted by Crippen LogP contribution is 2.36. The van der Waals surface area contributed by atoms with Crippen LogP contribution in [-0.2, 0) is 0 Å². The molecule has 1 aliphatic heterocycles. The SMILES string of the molecule is Cc1ccnc(C(C)C)c1-n1c(=O)nc(N2CCN(N=O)CC2C)c2cc(F)c(-c3c(O)cccc3F)nc21. The van der Waals surface area contributed by atoms with Crippen molar-refractivity contribution < 1.29 is 13.9 Å². The average molecular weight is 536 g/mol. The second kappa shape index (κ2) is 10.0. The monoisotopic (exact) mass is 535 g/mol. The number of fused-ring (bicyclic) bond motifs is 1. The van der Waals surface area contributed by atoms with Gasteiger partial charge in [-0.25, -0.2) is 23.1 Å². The lowest BCUT2D eigenvalue weighted by Crippen LogP contribution is -2.51. The topological polar surface area (TPSA) is 117 Å². The number of nitrogens with zero attached hydrogens (tertiary/aromatic N) is 7. The van der Waals surface area contributed by atoms with Crippen LogP contribution in [0.4, 0.5) is 14.6 Å². The van der Waals surface area contributed by atoms with Crippen molar-refractivity contribution in [1.29, 1.82) is 0 Å². The smallest absolute Gasteiger partial charge is 0.355 e. The molecular weight excluding hydrogens is 508 g/mol. The van der Waals surface area contributed by atoms with Gasteiger partial charge in [-0.3, -0.25) is 9.99 Å². The van der Waals surface area contributed by atoms with Crippen molar-refractivity contribution in [3.8, 4) is 22.7 Å². The molecule has 0 saturated carbocycles. The first kappa shape index (κ1) is 26.1. The lowest BCUT2D eigenvalue weighted by Gasteiger charge is -2.38. The van der Waals surface area contributed by atoms with Gasteiger partial charge in [-0.1, -0.05) is 19.9 Å². The van der Waals surface area contributed by atoms with Crippen LogP contribution in [0.2, 0.25) is 0 Å². The second-order valence-electron chi connectivity index (χ2n) is 9.93. The van der Waals surface area contributed by atoms with Gasteiger partial charge in [0.05, 0.1) is 40.7 Å². The van der Waals surface area contributed by atoms with Crippen LogP contribution >= 0.6 is 0 Å². The van der Waals surface area contributed by atoms with Gasteiger partial charge in [0.15, 0.2) is 11.5 Å². The van der Waals surface area contributed by atoms with Crippen LogP contribution in [0.5, 0.6) is 5.75 Å². The van der Waals surface area contributed by atoms with Gasteiger partial charge in [0, 0.05) is 18.8 Å². The fourth-order valence-corrected chi connectivity index (χ4v) is 5.06. The first-order valence-corrected chi connectivity index (χ1v) is 12.5. The Morgan fingerprint density at radius 2 is 1.90 bits per heavy atom. The third-order valence-electron chi connectivity index (χ3n) is 6.95. The molecule has 1 unspecified atom stereocenters. The molecule has 4 heterocycles. The Balaban J connectivity index is 1.88. The maximum absolute atomic E-state index is 15.7. The number of phenolic OH excluding ortho intramolecular Hbond substituents is 1. The molecule has 0 radical (unpaired) electrons. The van der Waals surface area contributed by atoms with Gasteiger partial charge < -0.3 is 10.0 Å². The van der Waals surface area contributed by atoms with Crippen LogP contribution in [0.3, 0.4) is 0 Å². The molecule has 1 saturated heterocycles. The fourth-order valence-electron chi connectivity index (χ4n) is 5.06. The third kappa shape index (κ3) is 4.45. The Labute approximate surface area is 222 Å². The molecule has 1 aliphatic rings. The largest absolute Gasteiger partial charge is 0.507 e. The zero-order chi connectivity index (χ0) is 28.0. The van der Waals surface area contributed by atoms with Crippen LogP contribution in [0.25, 0.3) is 28.0 Å². The van der Waals surface area contributed by atoms with E-state index in [4.69, 9.17) is 0 Å². The van der Waals surface area contributed by atoms with Crippen LogP contribution in [0.15, 0.2) is 46.6 Å². The summed E-state index contributed by atoms with van der Waals surface area (Å²) in [5.74, 6) is -2.15. The molecule has 1 fully saturated rings. The Morgan fingerprint density at radius 1 is 1.13 bits per heavy atom. The molecule has 0 bridgehead atoms. The molecule has 202 valence electrons. The zero-order valence-electron chi connectivity index (χ0n) is 21.9. The van der Waals surface area contributed by atoms with Crippen molar-refractivity contribution in [2.24, 2.45) is 5.29 Å². The summed E-state index contributed by atoms with van der Waals surface area (Å²) >= 11 is 0. The number of aryl methyl sites for hydroxylation is 1. The number of anilines is 1. The first-order chi connectivity index (χ1) is 18.6. The average Bonchev–Trinajstić information content (AvgIpc) is 2.89. The number of hydrogen-bond donors (Lipinski definition) is 1. The Kier molecular flexibility index (Phi) is 6.71. The summed E-state index contributed by atoms with van der Waals surface area (Å²) in [6.45, 7) is 8.39. The zero-order valence-corrected chi connectivity index (χ0v) is 21.9. The van der Waals surface area contributed by atoms with Gasteiger partial charge in [-0.05, 0) is 49.6 Å². The Morgan fingerprint density at radius 3 is 2.56 bits per heavy atom. The fraction of sp³-hybridized carbons (Fsp3) is 0.333. The highest BCUT2D eigenvalue weighted by atomic mass is 19.1. The quantitative estimate of drug-likeness (QED) is 0.373. The van der Waals surface area contributed by atoms with Gasteiger partial charge in [-0.15, -0.1) is 4.91 Å². The standard InChI is InChI=1S/C27H27F2N7O3/c1-14(2)22-24(15(3)8-9-30-22)36-26-17(12-19(29)23(31-26)21-18(28)6-5-7-20(21)37)25(32-27(36)38)35-11-10-34(33-39)13-16(35)4/h5-9,12,14,16,37H,10-11,13H2,1-4H3. The van der Waals surface area contributed by atoms with E-state index in [1.165, 1.54) is 21.7 Å². The highest BCUT2D eigenvalue weighted by molar-refractivity contribution is 5.91. The molecule has 5 rings (SSSR count). The van der Waals surface area contributed by atoms with Gasteiger partial charge in [-0.2, -0.15) is 4.98 Å². The number of piperazine rings is 1. The predicted octanol–water partition coefficient (Wildman–Crippen LogP) is 4.45. The molecule has 4 aromatic rings. The maximum atomic E-state index is 15.7. The van der Waals surface area contributed by atoms with E-state index >= 15 is 4.39 Å². The van der Waals surface area contributed by atoms with E-state index in [0.717, 1.165) is 12.1 Å². The summed E-state index contributed by atoms with van der Waals surface area (Å²) in [6.07, 6.45) is 1.64. The van der Waals surface area contributed by atoms with Crippen molar-refractivity contribution >= 4 is 16.9 Å². The molecule has 1 atom stereocenters. The Bertz CT molecular complexity index is 1640. The van der Waals surface area contributed by atoms with Crippen molar-refractivity contribution in [1.82, 2.24) is 24.5 Å². The molecule has 39 heavy (non-hydrogen) atoms. The van der Waals surface area contributed by atoms with E-state index in [-0.39, 0.29) is 41.9 Å². The lowest BCUT2D eigenvalue weighted by molar-refractivity contribution is 0.235. The molecular formula is C27H27F2N7O3. The van der Waals surface area contributed by atoms with E-state index in [1.807, 2.05) is 27.7 Å². The van der Waals surface area contributed by atoms with Gasteiger partial charge in [0.25, 0.3) is 0 Å². The van der Waals surface area contributed by atoms with E-state index in [0.29, 0.717) is 23.5 Å². The van der Waals surface area contributed by atoms with Crippen molar-refractivity contribution in [2.75, 3.05) is 24.5 Å². The predicted molar refractivity (Wildman–Crippen MR) is 143 cm³/mol. The summed E-state index contributed by atoms with van der Waals surface area (Å²) in [4.78, 5) is 40.0. The number of aromatic nitrogens is 4. The highest BCUT2D eigenvalue weighted by Gasteiger charge is 2.30. The number of nitroso groups, excluding NO2 is 1. The number of benzene rings is 1. The minimum Gasteiger partial charge on any atom is -0.507 e. The summed E-state index contributed by atoms with van der Waals surface area (Å²) in [7, 11) is 0. The van der Waals surface area contributed by atoms with Crippen LogP contribution < -0.4 is 10.6 Å². The van der Waals surface area contributed by atoms with Crippen molar-refractivity contribution in [3.05, 3.63) is 74.8 Å². The van der Waals surface area contributed by atoms with E-state index < -0.39 is 34.3 Å². The first-order valence-electron chi connectivity index (χ1n) is 12.5. The van der Waals surface area contributed by atoms with Gasteiger partial charge >= 0.3 is 5.69 Å². The molecule has 3 aromatic heterocycles. The second-order valence-corrected chi connectivity index (χ2v) is 9.93. The van der Waals surface area contributed by atoms with E-state index in [2.05, 4.69) is 20.2 Å². The van der Waals surface area contributed by atoms with Crippen LogP contribution in [0, 0.1) is 23.5 Å². The molecule has 0 spiro atoms. The molecule has 0 amide bonds. The van der Waals surface area contributed by atoms with E-state index in [9.17, 15) is 19.2 Å². The normalized spacial score (nSPS) is 15.8. The van der Waals surface area contributed by atoms with Gasteiger partial charge in [0.1, 0.15) is 23.1 Å². The number of pyridine rings is 2. The summed E-state index contributed by atoms with van der Waals surface area (Å²) < 4.78 is 31.8. The van der Waals surface area contributed by atoms with Crippen molar-refractivity contribution in [2.45, 2.75) is 39.7 Å². The number of hydrogen-bond acceptors (Lipinski definition) is 8. The van der Waals surface area contributed by atoms with Crippen LogP contribution in [0.1, 0.15) is 37.9 Å². The summed E-state index contributed by atoms with van der Waals surface area (Å²) in [6, 6.07) is 6.24. The van der Waals surface area contributed by atoms with Crippen LogP contribution in [-0.4, -0.2) is 55.3 Å². The third-order valence-corrected chi connectivity index (χ3v) is 6.95. The molecule has 0 aliphatic carbocycles. The number of phenols is 1. The summed E-state index contributed by atoms with van der Waals surface area (Å²) in [5.41, 5.74) is 0.263. The summed E-state index contributed by atoms with van der Waals surface area (Å²) in [5, 5.41) is 15.0. The molecule has 12 heteroatoms. The van der Waals surface area contributed by atoms with Gasteiger partial charge in [0.2, 0.25) is 0 Å². The Hall–Kier alpha value is -4.48. The number of aromatic hydroxyl groups is 1. The lowest BCUT2D eigenvalue weighted by atomic mass is 10.0. The molecule has 1 aromatic carbocycles. The maximum Gasteiger partial charge on any atom is 0.355 e. The van der Waals surface area contributed by atoms with E-state index in [1.54, 1.807) is 17.2 Å². The number of rotatable bonds is 5. The minimum absolute atomic E-state index is 0.0326. The molecule has 1 N–H and O–H groups in total. The van der Waals surface area contributed by atoms with Crippen molar-refractivity contribution in [3.63, 3.8) is 0 Å². The number of halogens is 2.